The van der Waals surface area contributed by atoms with Crippen LogP contribution in [0.15, 0.2) is 48.3 Å². The molecule has 0 spiro atoms. The molecule has 2 rings (SSSR count). The van der Waals surface area contributed by atoms with E-state index in [0.29, 0.717) is 0 Å². The van der Waals surface area contributed by atoms with Gasteiger partial charge in [-0.15, -0.1) is 0 Å². The van der Waals surface area contributed by atoms with Crippen LogP contribution >= 0.6 is 0 Å². The second-order valence-corrected chi connectivity index (χ2v) is 2.30. The Balaban J connectivity index is 2.34. The van der Waals surface area contributed by atoms with Crippen molar-refractivity contribution in [3.05, 3.63) is 48.3 Å². The fourth-order valence-electron chi connectivity index (χ4n) is 1.09. The first-order chi connectivity index (χ1) is 4.97. The standard InChI is InChI=1S/C9H8O/c1-2-6-9-8(4-1)5-3-7-10-9/h1-7,9H. The van der Waals surface area contributed by atoms with Crippen LogP contribution in [0.1, 0.15) is 0 Å². The molecule has 0 N–H and O–H groups in total. The van der Waals surface area contributed by atoms with Gasteiger partial charge in [0, 0.05) is 0 Å². The van der Waals surface area contributed by atoms with Crippen LogP contribution < -0.4 is 0 Å². The Morgan fingerprint density at radius 2 is 2.20 bits per heavy atom. The lowest BCUT2D eigenvalue weighted by Crippen LogP contribution is -2.12. The molecule has 0 amide bonds. The summed E-state index contributed by atoms with van der Waals surface area (Å²) in [5.74, 6) is 0. The van der Waals surface area contributed by atoms with E-state index in [-0.39, 0.29) is 6.10 Å². The second kappa shape index (κ2) is 2.18. The summed E-state index contributed by atoms with van der Waals surface area (Å²) in [6, 6.07) is 0. The van der Waals surface area contributed by atoms with Crippen LogP contribution in [0, 0.1) is 0 Å². The van der Waals surface area contributed by atoms with E-state index in [1.165, 1.54) is 5.57 Å². The molecule has 50 valence electrons. The smallest absolute Gasteiger partial charge is 0.141 e. The molecule has 1 atom stereocenters. The zero-order valence-corrected chi connectivity index (χ0v) is 5.53. The largest absolute Gasteiger partial charge is 0.489 e. The average Bonchev–Trinajstić information content (AvgIpc) is 2.05. The molecular weight excluding hydrogens is 124 g/mol. The lowest BCUT2D eigenvalue weighted by Gasteiger charge is -2.18. The summed E-state index contributed by atoms with van der Waals surface area (Å²) < 4.78 is 5.29. The highest BCUT2D eigenvalue weighted by Gasteiger charge is 2.11. The molecule has 0 radical (unpaired) electrons. The van der Waals surface area contributed by atoms with Crippen LogP contribution in [0.4, 0.5) is 0 Å². The van der Waals surface area contributed by atoms with Crippen molar-refractivity contribution < 1.29 is 4.74 Å². The fourth-order valence-corrected chi connectivity index (χ4v) is 1.09. The first-order valence-electron chi connectivity index (χ1n) is 3.34. The first kappa shape index (κ1) is 5.54. The Labute approximate surface area is 60.0 Å². The maximum Gasteiger partial charge on any atom is 0.141 e. The molecular formula is C9H8O. The Hall–Kier alpha value is -1.24. The van der Waals surface area contributed by atoms with Gasteiger partial charge in [0.15, 0.2) is 0 Å². The molecule has 0 aromatic carbocycles. The van der Waals surface area contributed by atoms with Crippen molar-refractivity contribution in [2.24, 2.45) is 0 Å². The van der Waals surface area contributed by atoms with Crippen molar-refractivity contribution in [3.8, 4) is 0 Å². The number of hydrogen-bond donors (Lipinski definition) is 0. The predicted molar refractivity (Wildman–Crippen MR) is 40.4 cm³/mol. The molecule has 1 heteroatoms. The highest BCUT2D eigenvalue weighted by atomic mass is 16.5. The van der Waals surface area contributed by atoms with Crippen LogP contribution in [-0.2, 0) is 4.74 Å². The molecule has 0 fully saturated rings. The van der Waals surface area contributed by atoms with Crippen molar-refractivity contribution in [3.63, 3.8) is 0 Å². The van der Waals surface area contributed by atoms with Crippen LogP contribution in [0.3, 0.4) is 0 Å². The van der Waals surface area contributed by atoms with Gasteiger partial charge in [-0.05, 0) is 17.7 Å². The van der Waals surface area contributed by atoms with Gasteiger partial charge in [-0.1, -0.05) is 24.3 Å². The summed E-state index contributed by atoms with van der Waals surface area (Å²) >= 11 is 0. The van der Waals surface area contributed by atoms with Crippen LogP contribution in [0.2, 0.25) is 0 Å². The second-order valence-electron chi connectivity index (χ2n) is 2.30. The number of allylic oxidation sites excluding steroid dienone is 4. The topological polar surface area (TPSA) is 9.23 Å². The third kappa shape index (κ3) is 0.798. The zero-order valence-electron chi connectivity index (χ0n) is 5.53. The number of fused-ring (bicyclic) bond motifs is 1. The average molecular weight is 132 g/mol. The van der Waals surface area contributed by atoms with Crippen LogP contribution in [0.5, 0.6) is 0 Å². The summed E-state index contributed by atoms with van der Waals surface area (Å²) in [6.45, 7) is 0. The molecule has 0 bridgehead atoms. The van der Waals surface area contributed by atoms with Gasteiger partial charge in [-0.3, -0.25) is 0 Å². The van der Waals surface area contributed by atoms with Gasteiger partial charge in [0.1, 0.15) is 6.10 Å². The number of ether oxygens (including phenoxy) is 1. The highest BCUT2D eigenvalue weighted by Crippen LogP contribution is 2.18. The maximum atomic E-state index is 5.29. The molecule has 1 unspecified atom stereocenters. The molecule has 0 saturated carbocycles. The Bertz CT molecular complexity index is 243. The van der Waals surface area contributed by atoms with Gasteiger partial charge >= 0.3 is 0 Å². The highest BCUT2D eigenvalue weighted by molar-refractivity contribution is 5.38. The number of hydrogen-bond acceptors (Lipinski definition) is 1. The summed E-state index contributed by atoms with van der Waals surface area (Å²) in [4.78, 5) is 0. The van der Waals surface area contributed by atoms with Gasteiger partial charge in [0.25, 0.3) is 0 Å². The van der Waals surface area contributed by atoms with E-state index < -0.39 is 0 Å². The summed E-state index contributed by atoms with van der Waals surface area (Å²) in [7, 11) is 0. The number of rotatable bonds is 0. The monoisotopic (exact) mass is 132 g/mol. The van der Waals surface area contributed by atoms with Crippen molar-refractivity contribution in [1.29, 1.82) is 0 Å². The molecule has 1 nitrogen and oxygen atoms in total. The molecule has 2 aliphatic rings. The van der Waals surface area contributed by atoms with Crippen molar-refractivity contribution in [2.45, 2.75) is 6.10 Å². The van der Waals surface area contributed by atoms with Crippen molar-refractivity contribution in [2.75, 3.05) is 0 Å². The van der Waals surface area contributed by atoms with Crippen LogP contribution in [-0.4, -0.2) is 6.10 Å². The molecule has 0 saturated heterocycles. The van der Waals surface area contributed by atoms with Gasteiger partial charge < -0.3 is 4.74 Å². The van der Waals surface area contributed by atoms with E-state index in [1.807, 2.05) is 24.3 Å². The maximum absolute atomic E-state index is 5.29. The van der Waals surface area contributed by atoms with E-state index in [2.05, 4.69) is 12.2 Å². The Morgan fingerprint density at radius 3 is 3.10 bits per heavy atom. The normalized spacial score (nSPS) is 27.2. The van der Waals surface area contributed by atoms with E-state index in [9.17, 15) is 0 Å². The van der Waals surface area contributed by atoms with E-state index in [4.69, 9.17) is 4.74 Å². The van der Waals surface area contributed by atoms with Gasteiger partial charge in [-0.2, -0.15) is 0 Å². The Kier molecular flexibility index (Phi) is 1.21. The summed E-state index contributed by atoms with van der Waals surface area (Å²) in [6.07, 6.45) is 14.0. The third-order valence-corrected chi connectivity index (χ3v) is 1.61. The molecule has 1 heterocycles. The minimum Gasteiger partial charge on any atom is -0.489 e. The molecule has 0 aromatic heterocycles. The minimum absolute atomic E-state index is 0.162. The van der Waals surface area contributed by atoms with E-state index >= 15 is 0 Å². The van der Waals surface area contributed by atoms with Crippen molar-refractivity contribution >= 4 is 0 Å². The SMILES string of the molecule is C1=COC2C=CC=CC2=C1. The quantitative estimate of drug-likeness (QED) is 0.489. The third-order valence-electron chi connectivity index (χ3n) is 1.61. The van der Waals surface area contributed by atoms with E-state index in [1.54, 1.807) is 6.26 Å². The van der Waals surface area contributed by atoms with E-state index in [0.717, 1.165) is 0 Å². The molecule has 10 heavy (non-hydrogen) atoms. The first-order valence-corrected chi connectivity index (χ1v) is 3.34. The minimum atomic E-state index is 0.162. The zero-order chi connectivity index (χ0) is 6.81. The lowest BCUT2D eigenvalue weighted by molar-refractivity contribution is 0.216. The van der Waals surface area contributed by atoms with Gasteiger partial charge in [0.05, 0.1) is 6.26 Å². The molecule has 1 aliphatic carbocycles. The van der Waals surface area contributed by atoms with Crippen LogP contribution in [0.25, 0.3) is 0 Å². The summed E-state index contributed by atoms with van der Waals surface area (Å²) in [5, 5.41) is 0. The molecule has 1 aliphatic heterocycles. The Morgan fingerprint density at radius 1 is 1.20 bits per heavy atom. The molecule has 0 aromatic rings. The predicted octanol–water partition coefficient (Wildman–Crippen LogP) is 1.95. The summed E-state index contributed by atoms with van der Waals surface area (Å²) in [5.41, 5.74) is 1.23. The lowest BCUT2D eigenvalue weighted by atomic mass is 10.0. The van der Waals surface area contributed by atoms with Crippen molar-refractivity contribution in [1.82, 2.24) is 0 Å². The van der Waals surface area contributed by atoms with Gasteiger partial charge in [0.2, 0.25) is 0 Å². The fraction of sp³-hybridized carbons (Fsp3) is 0.111. The van der Waals surface area contributed by atoms with Gasteiger partial charge in [-0.25, -0.2) is 0 Å².